The summed E-state index contributed by atoms with van der Waals surface area (Å²) < 4.78 is 11.7. The molecular formula is C12H14IN3O5Se. The molecule has 0 bridgehead atoms. The number of azide groups is 1. The molecule has 1 aromatic rings. The number of halogens is 1. The molecule has 1 aliphatic heterocycles. The van der Waals surface area contributed by atoms with Crippen molar-refractivity contribution in [3.05, 3.63) is 32.0 Å². The van der Waals surface area contributed by atoms with Crippen molar-refractivity contribution in [1.82, 2.24) is 0 Å². The van der Waals surface area contributed by atoms with Crippen molar-refractivity contribution in [3.8, 4) is 0 Å². The molecule has 1 aliphatic rings. The van der Waals surface area contributed by atoms with E-state index < -0.39 is 36.1 Å². The fraction of sp³-hybridized carbons (Fsp3) is 0.583. The van der Waals surface area contributed by atoms with Gasteiger partial charge >= 0.3 is 146 Å². The molecule has 0 amide bonds. The van der Waals surface area contributed by atoms with Crippen LogP contribution in [0.15, 0.2) is 22.2 Å². The van der Waals surface area contributed by atoms with Crippen LogP contribution in [0.5, 0.6) is 0 Å². The summed E-state index contributed by atoms with van der Waals surface area (Å²) in [5.41, 5.74) is 8.79. The average molecular weight is 486 g/mol. The van der Waals surface area contributed by atoms with Crippen molar-refractivity contribution in [2.75, 3.05) is 4.43 Å². The number of carbonyl (C=O) groups is 1. The van der Waals surface area contributed by atoms with Crippen LogP contribution in [0.2, 0.25) is 0 Å². The fourth-order valence-corrected chi connectivity index (χ4v) is 4.70. The van der Waals surface area contributed by atoms with E-state index in [-0.39, 0.29) is 14.5 Å². The van der Waals surface area contributed by atoms with Gasteiger partial charge < -0.3 is 0 Å². The molecule has 8 nitrogen and oxygen atoms in total. The molecule has 0 aromatic carbocycles. The van der Waals surface area contributed by atoms with Crippen molar-refractivity contribution < 1.29 is 24.5 Å². The summed E-state index contributed by atoms with van der Waals surface area (Å²) in [5, 5.41) is 24.8. The Morgan fingerprint density at radius 1 is 1.73 bits per heavy atom. The second-order valence-electron chi connectivity index (χ2n) is 4.70. The van der Waals surface area contributed by atoms with Gasteiger partial charge in [0, 0.05) is 0 Å². The van der Waals surface area contributed by atoms with Gasteiger partial charge in [0.2, 0.25) is 0 Å². The number of aliphatic hydroxyl groups excluding tert-OH is 1. The Bertz CT molecular complexity index is 579. The molecule has 120 valence electrons. The minimum absolute atomic E-state index is 0.170. The number of nitrogens with zero attached hydrogens (tertiary/aromatic N) is 3. The maximum atomic E-state index is 11.3. The molecule has 0 radical (unpaired) electrons. The Hall–Kier alpha value is -0.611. The van der Waals surface area contributed by atoms with Crippen LogP contribution in [-0.2, 0) is 20.1 Å². The monoisotopic (exact) mass is 487 g/mol. The van der Waals surface area contributed by atoms with Gasteiger partial charge in [-0.05, 0) is 0 Å². The van der Waals surface area contributed by atoms with Crippen LogP contribution in [-0.4, -0.2) is 59.5 Å². The molecule has 1 saturated heterocycles. The topological polar surface area (TPSA) is 125 Å². The molecule has 1 aromatic heterocycles. The van der Waals surface area contributed by atoms with E-state index in [0.29, 0.717) is 8.86 Å². The SMILES string of the molecule is CC(=O)O[C@H]1[C@H](O)[C@@H](CI)O[C@@](O)(c2ccc[se]2)[C@@H]1N=[N+]=[N-]. The van der Waals surface area contributed by atoms with E-state index in [4.69, 9.17) is 15.0 Å². The van der Waals surface area contributed by atoms with E-state index in [1.807, 2.05) is 27.5 Å². The standard InChI is InChI=1S/C12H14IN3O5Se/c1-6(17)20-10-9(18)7(5-13)21-12(19,11(10)15-16-14)8-3-2-4-22-8/h2-4,7,9-11,18-19H,5H2,1H3/t7-,9-,10+,11-,12+/m1/s1. The second-order valence-corrected chi connectivity index (χ2v) is 7.57. The van der Waals surface area contributed by atoms with E-state index >= 15 is 0 Å². The number of rotatable bonds is 4. The van der Waals surface area contributed by atoms with E-state index in [2.05, 4.69) is 10.0 Å². The quantitative estimate of drug-likeness (QED) is 0.123. The van der Waals surface area contributed by atoms with Gasteiger partial charge in [-0.2, -0.15) is 0 Å². The molecular weight excluding hydrogens is 472 g/mol. The first kappa shape index (κ1) is 17.7. The number of ether oxygens (including phenoxy) is 2. The Balaban J connectivity index is 2.50. The molecule has 1 fully saturated rings. The van der Waals surface area contributed by atoms with Crippen molar-refractivity contribution >= 4 is 43.1 Å². The zero-order valence-electron chi connectivity index (χ0n) is 11.5. The van der Waals surface area contributed by atoms with Crippen LogP contribution in [0.25, 0.3) is 10.4 Å². The van der Waals surface area contributed by atoms with Gasteiger partial charge in [-0.1, -0.05) is 0 Å². The molecule has 0 aliphatic carbocycles. The van der Waals surface area contributed by atoms with Crippen molar-refractivity contribution in [1.29, 1.82) is 0 Å². The number of alkyl halides is 1. The normalized spacial score (nSPS) is 34.7. The van der Waals surface area contributed by atoms with Crippen molar-refractivity contribution in [2.45, 2.75) is 37.1 Å². The van der Waals surface area contributed by atoms with Crippen LogP contribution >= 0.6 is 22.6 Å². The van der Waals surface area contributed by atoms with Gasteiger partial charge in [-0.25, -0.2) is 0 Å². The number of hydrogen-bond acceptors (Lipinski definition) is 6. The van der Waals surface area contributed by atoms with Crippen LogP contribution in [0.1, 0.15) is 11.4 Å². The summed E-state index contributed by atoms with van der Waals surface area (Å²) in [5.74, 6) is -2.53. The summed E-state index contributed by atoms with van der Waals surface area (Å²) in [7, 11) is 0. The maximum absolute atomic E-state index is 11.3. The first-order valence-electron chi connectivity index (χ1n) is 6.33. The van der Waals surface area contributed by atoms with E-state index in [0.717, 1.165) is 0 Å². The van der Waals surface area contributed by atoms with Gasteiger partial charge in [-0.3, -0.25) is 0 Å². The second kappa shape index (κ2) is 7.31. The van der Waals surface area contributed by atoms with E-state index in [1.165, 1.54) is 6.92 Å². The molecule has 5 atom stereocenters. The molecule has 0 unspecified atom stereocenters. The van der Waals surface area contributed by atoms with Crippen LogP contribution < -0.4 is 0 Å². The molecule has 2 N–H and O–H groups in total. The predicted octanol–water partition coefficient (Wildman–Crippen LogP) is 0.694. The van der Waals surface area contributed by atoms with Gasteiger partial charge in [0.15, 0.2) is 0 Å². The molecule has 22 heavy (non-hydrogen) atoms. The molecule has 10 heteroatoms. The van der Waals surface area contributed by atoms with Gasteiger partial charge in [0.25, 0.3) is 0 Å². The zero-order valence-corrected chi connectivity index (χ0v) is 15.4. The first-order valence-corrected chi connectivity index (χ1v) is 9.70. The summed E-state index contributed by atoms with van der Waals surface area (Å²) in [6.07, 6.45) is -3.12. The zero-order chi connectivity index (χ0) is 16.3. The van der Waals surface area contributed by atoms with Crippen LogP contribution in [0.4, 0.5) is 0 Å². The molecule has 2 rings (SSSR count). The molecule has 2 heterocycles. The minimum atomic E-state index is -1.90. The first-order chi connectivity index (χ1) is 10.4. The third-order valence-corrected chi connectivity index (χ3v) is 6.18. The van der Waals surface area contributed by atoms with Crippen molar-refractivity contribution in [3.63, 3.8) is 0 Å². The van der Waals surface area contributed by atoms with Gasteiger partial charge in [0.05, 0.1) is 0 Å². The van der Waals surface area contributed by atoms with Gasteiger partial charge in [0.1, 0.15) is 0 Å². The summed E-state index contributed by atoms with van der Waals surface area (Å²) in [4.78, 5) is 15.9. The number of hydrogen-bond donors (Lipinski definition) is 2. The summed E-state index contributed by atoms with van der Waals surface area (Å²) in [6.45, 7) is 1.19. The molecule has 0 spiro atoms. The Morgan fingerprint density at radius 3 is 2.95 bits per heavy atom. The summed E-state index contributed by atoms with van der Waals surface area (Å²) >= 11 is 1.83. The summed E-state index contributed by atoms with van der Waals surface area (Å²) in [6, 6.07) is 2.20. The van der Waals surface area contributed by atoms with E-state index in [9.17, 15) is 15.0 Å². The van der Waals surface area contributed by atoms with Gasteiger partial charge in [-0.15, -0.1) is 0 Å². The Morgan fingerprint density at radius 2 is 2.45 bits per heavy atom. The number of carbonyl (C=O) groups excluding carboxylic acids is 1. The Kier molecular flexibility index (Phi) is 5.89. The molecule has 0 saturated carbocycles. The van der Waals surface area contributed by atoms with Crippen LogP contribution in [0, 0.1) is 0 Å². The third-order valence-electron chi connectivity index (χ3n) is 3.27. The number of aliphatic hydroxyl groups is 2. The third kappa shape index (κ3) is 3.33. The average Bonchev–Trinajstić information content (AvgIpc) is 3.01. The Labute approximate surface area is 145 Å². The fourth-order valence-electron chi connectivity index (χ4n) is 2.33. The predicted molar refractivity (Wildman–Crippen MR) is 85.5 cm³/mol. The number of esters is 1. The van der Waals surface area contributed by atoms with Crippen molar-refractivity contribution in [2.24, 2.45) is 5.11 Å². The van der Waals surface area contributed by atoms with E-state index in [1.54, 1.807) is 12.1 Å². The van der Waals surface area contributed by atoms with Crippen LogP contribution in [0.3, 0.4) is 0 Å².